The van der Waals surface area contributed by atoms with Crippen LogP contribution in [0.25, 0.3) is 0 Å². The average molecular weight is 246 g/mol. The molecule has 0 aromatic heterocycles. The van der Waals surface area contributed by atoms with Gasteiger partial charge >= 0.3 is 0 Å². The first-order valence-electron chi connectivity index (χ1n) is 6.77. The average Bonchev–Trinajstić information content (AvgIpc) is 2.37. The summed E-state index contributed by atoms with van der Waals surface area (Å²) in [5.41, 5.74) is 0.991. The number of carbonyl (C=O) groups excluding carboxylic acids is 1. The molecule has 0 bridgehead atoms. The summed E-state index contributed by atoms with van der Waals surface area (Å²) < 4.78 is 6.00. The molecule has 2 atom stereocenters. The molecule has 1 fully saturated rings. The lowest BCUT2D eigenvalue weighted by molar-refractivity contribution is -0.150. The van der Waals surface area contributed by atoms with Crippen LogP contribution in [-0.2, 0) is 4.79 Å². The van der Waals surface area contributed by atoms with Gasteiger partial charge in [0.05, 0.1) is 5.41 Å². The van der Waals surface area contributed by atoms with E-state index in [0.29, 0.717) is 18.1 Å². The molecule has 1 aliphatic rings. The second-order valence-electron chi connectivity index (χ2n) is 5.73. The fraction of sp³-hybridized carbons (Fsp3) is 0.562. The zero-order chi connectivity index (χ0) is 13.3. The van der Waals surface area contributed by atoms with Crippen LogP contribution in [0.15, 0.2) is 24.3 Å². The maximum absolute atomic E-state index is 11.7. The molecule has 0 saturated heterocycles. The van der Waals surface area contributed by atoms with E-state index in [4.69, 9.17) is 4.74 Å². The summed E-state index contributed by atoms with van der Waals surface area (Å²) in [6.07, 6.45) is 1.44. The summed E-state index contributed by atoms with van der Waals surface area (Å²) >= 11 is 0. The van der Waals surface area contributed by atoms with Crippen LogP contribution in [0.4, 0.5) is 0 Å². The highest BCUT2D eigenvalue weighted by Crippen LogP contribution is 2.42. The first-order chi connectivity index (χ1) is 8.47. The first-order valence-corrected chi connectivity index (χ1v) is 6.77. The van der Waals surface area contributed by atoms with Crippen LogP contribution >= 0.6 is 0 Å². The smallest absolute Gasteiger partial charge is 0.146 e. The van der Waals surface area contributed by atoms with Crippen molar-refractivity contribution in [1.82, 2.24) is 0 Å². The second kappa shape index (κ2) is 4.75. The van der Waals surface area contributed by atoms with Crippen molar-refractivity contribution in [3.8, 4) is 5.75 Å². The number of hydrogen-bond acceptors (Lipinski definition) is 2. The van der Waals surface area contributed by atoms with E-state index in [0.717, 1.165) is 12.2 Å². The van der Waals surface area contributed by atoms with E-state index in [2.05, 4.69) is 32.9 Å². The lowest BCUT2D eigenvalue weighted by Crippen LogP contribution is -2.54. The van der Waals surface area contributed by atoms with E-state index < -0.39 is 0 Å². The largest absolute Gasteiger partial charge is 0.489 e. The van der Waals surface area contributed by atoms with Crippen molar-refractivity contribution < 1.29 is 9.53 Å². The minimum absolute atomic E-state index is 0.0393. The second-order valence-corrected chi connectivity index (χ2v) is 5.73. The Balaban J connectivity index is 2.11. The van der Waals surface area contributed by atoms with Crippen molar-refractivity contribution in [3.63, 3.8) is 0 Å². The third kappa shape index (κ3) is 2.16. The minimum atomic E-state index is -0.284. The highest BCUT2D eigenvalue weighted by molar-refractivity contribution is 5.92. The van der Waals surface area contributed by atoms with Gasteiger partial charge in [-0.3, -0.25) is 4.79 Å². The monoisotopic (exact) mass is 246 g/mol. The van der Waals surface area contributed by atoms with E-state index in [1.54, 1.807) is 0 Å². The van der Waals surface area contributed by atoms with Crippen LogP contribution in [-0.4, -0.2) is 11.9 Å². The number of hydrogen-bond donors (Lipinski definition) is 0. The molecule has 0 aliphatic heterocycles. The zero-order valence-corrected chi connectivity index (χ0v) is 11.7. The molecule has 0 heterocycles. The fourth-order valence-electron chi connectivity index (χ4n) is 2.38. The number of rotatable bonds is 4. The van der Waals surface area contributed by atoms with Crippen molar-refractivity contribution in [2.24, 2.45) is 5.41 Å². The molecule has 18 heavy (non-hydrogen) atoms. The van der Waals surface area contributed by atoms with Gasteiger partial charge in [-0.25, -0.2) is 0 Å². The van der Waals surface area contributed by atoms with Gasteiger partial charge in [0, 0.05) is 6.42 Å². The van der Waals surface area contributed by atoms with Crippen LogP contribution in [0.5, 0.6) is 5.75 Å². The summed E-state index contributed by atoms with van der Waals surface area (Å²) in [5.74, 6) is 1.71. The van der Waals surface area contributed by atoms with Crippen LogP contribution in [0.2, 0.25) is 0 Å². The predicted octanol–water partition coefficient (Wildman–Crippen LogP) is 3.95. The molecule has 2 rings (SSSR count). The fourth-order valence-corrected chi connectivity index (χ4v) is 2.38. The van der Waals surface area contributed by atoms with E-state index in [1.165, 1.54) is 5.56 Å². The van der Waals surface area contributed by atoms with E-state index in [9.17, 15) is 4.79 Å². The summed E-state index contributed by atoms with van der Waals surface area (Å²) in [6.45, 7) is 8.40. The lowest BCUT2D eigenvalue weighted by atomic mass is 9.64. The van der Waals surface area contributed by atoms with Crippen molar-refractivity contribution in [2.45, 2.75) is 52.6 Å². The summed E-state index contributed by atoms with van der Waals surface area (Å²) in [7, 11) is 0. The van der Waals surface area contributed by atoms with Crippen molar-refractivity contribution in [1.29, 1.82) is 0 Å². The van der Waals surface area contributed by atoms with Gasteiger partial charge < -0.3 is 4.74 Å². The van der Waals surface area contributed by atoms with Crippen molar-refractivity contribution in [3.05, 3.63) is 29.8 Å². The number of ether oxygens (including phenoxy) is 1. The van der Waals surface area contributed by atoms with Crippen LogP contribution in [0.1, 0.15) is 52.0 Å². The van der Waals surface area contributed by atoms with Gasteiger partial charge in [0.25, 0.3) is 0 Å². The van der Waals surface area contributed by atoms with Gasteiger partial charge in [-0.2, -0.15) is 0 Å². The van der Waals surface area contributed by atoms with Gasteiger partial charge in [0.15, 0.2) is 0 Å². The van der Waals surface area contributed by atoms with Crippen molar-refractivity contribution in [2.75, 3.05) is 0 Å². The lowest BCUT2D eigenvalue weighted by Gasteiger charge is -2.44. The summed E-state index contributed by atoms with van der Waals surface area (Å²) in [6, 6.07) is 8.20. The third-order valence-corrected chi connectivity index (χ3v) is 4.26. The Kier molecular flexibility index (Phi) is 3.47. The highest BCUT2D eigenvalue weighted by Gasteiger charge is 2.51. The highest BCUT2D eigenvalue weighted by atomic mass is 16.5. The van der Waals surface area contributed by atoms with E-state index in [-0.39, 0.29) is 11.5 Å². The number of carbonyl (C=O) groups is 1. The Morgan fingerprint density at radius 3 is 2.72 bits per heavy atom. The maximum atomic E-state index is 11.7. The molecule has 2 heteroatoms. The third-order valence-electron chi connectivity index (χ3n) is 4.26. The normalized spacial score (nSPS) is 27.2. The standard InChI is InChI=1S/C16H22O2/c1-5-16(4)14(17)10-15(16)18-13-8-6-7-12(9-13)11(2)3/h6-9,11,15H,5,10H2,1-4H3. The molecule has 0 N–H and O–H groups in total. The van der Waals surface area contributed by atoms with Gasteiger partial charge in [0.1, 0.15) is 17.6 Å². The Bertz CT molecular complexity index is 450. The molecular weight excluding hydrogens is 224 g/mol. The quantitative estimate of drug-likeness (QED) is 0.804. The molecule has 0 spiro atoms. The molecule has 1 aliphatic carbocycles. The molecule has 0 amide bonds. The van der Waals surface area contributed by atoms with Gasteiger partial charge in [-0.1, -0.05) is 32.9 Å². The Morgan fingerprint density at radius 2 is 2.17 bits per heavy atom. The number of ketones is 1. The topological polar surface area (TPSA) is 26.3 Å². The Morgan fingerprint density at radius 1 is 1.44 bits per heavy atom. The first kappa shape index (κ1) is 13.1. The molecule has 1 aromatic carbocycles. The molecule has 2 unspecified atom stereocenters. The predicted molar refractivity (Wildman–Crippen MR) is 73.0 cm³/mol. The van der Waals surface area contributed by atoms with Gasteiger partial charge in [-0.05, 0) is 37.0 Å². The Hall–Kier alpha value is -1.31. The molecular formula is C16H22O2. The van der Waals surface area contributed by atoms with Crippen LogP contribution in [0.3, 0.4) is 0 Å². The van der Waals surface area contributed by atoms with Crippen molar-refractivity contribution >= 4 is 5.78 Å². The number of Topliss-reactive ketones (excluding diaryl/α,β-unsaturated/α-hetero) is 1. The maximum Gasteiger partial charge on any atom is 0.146 e. The molecule has 1 saturated carbocycles. The SMILES string of the molecule is CCC1(C)C(=O)CC1Oc1cccc(C(C)C)c1. The van der Waals surface area contributed by atoms with E-state index >= 15 is 0 Å². The zero-order valence-electron chi connectivity index (χ0n) is 11.7. The van der Waals surface area contributed by atoms with Gasteiger partial charge in [-0.15, -0.1) is 0 Å². The molecule has 1 aromatic rings. The van der Waals surface area contributed by atoms with Crippen LogP contribution < -0.4 is 4.74 Å². The number of benzene rings is 1. The molecule has 2 nitrogen and oxygen atoms in total. The summed E-state index contributed by atoms with van der Waals surface area (Å²) in [5, 5.41) is 0. The molecule has 98 valence electrons. The van der Waals surface area contributed by atoms with Gasteiger partial charge in [0.2, 0.25) is 0 Å². The minimum Gasteiger partial charge on any atom is -0.489 e. The summed E-state index contributed by atoms with van der Waals surface area (Å²) in [4.78, 5) is 11.7. The van der Waals surface area contributed by atoms with Crippen LogP contribution in [0, 0.1) is 5.41 Å². The molecule has 0 radical (unpaired) electrons. The Labute approximate surface area is 109 Å². The van der Waals surface area contributed by atoms with E-state index in [1.807, 2.05) is 19.1 Å².